The highest BCUT2D eigenvalue weighted by Gasteiger charge is 2.29. The summed E-state index contributed by atoms with van der Waals surface area (Å²) in [5.74, 6) is -0.260. The van der Waals surface area contributed by atoms with Gasteiger partial charge in [-0.15, -0.1) is 0 Å². The SMILES string of the molecule is CCCOC(=O)c1c(-c2ccccc2)nc(CC)c(C(=O)S(=O)CC)c1CCC. The van der Waals surface area contributed by atoms with Gasteiger partial charge in [-0.2, -0.15) is 0 Å². The summed E-state index contributed by atoms with van der Waals surface area (Å²) in [5, 5.41) is -0.454. The third-order valence-electron chi connectivity index (χ3n) is 4.57. The van der Waals surface area contributed by atoms with Crippen molar-refractivity contribution in [2.45, 2.75) is 53.4 Å². The van der Waals surface area contributed by atoms with Crippen molar-refractivity contribution in [2.75, 3.05) is 12.4 Å². The molecular formula is C23H29NO4S. The van der Waals surface area contributed by atoms with Crippen LogP contribution in [0, 0.1) is 0 Å². The summed E-state index contributed by atoms with van der Waals surface area (Å²) in [5.41, 5.74) is 3.14. The van der Waals surface area contributed by atoms with E-state index in [2.05, 4.69) is 0 Å². The van der Waals surface area contributed by atoms with E-state index >= 15 is 0 Å². The molecule has 2 aromatic rings. The Morgan fingerprint density at radius 2 is 1.69 bits per heavy atom. The number of pyridine rings is 1. The summed E-state index contributed by atoms with van der Waals surface area (Å²) in [6, 6.07) is 9.44. The van der Waals surface area contributed by atoms with Crippen LogP contribution in [0.5, 0.6) is 0 Å². The van der Waals surface area contributed by atoms with Gasteiger partial charge in [-0.25, -0.2) is 4.79 Å². The van der Waals surface area contributed by atoms with Crippen LogP contribution in [0.1, 0.15) is 72.5 Å². The predicted octanol–water partition coefficient (Wildman–Crippen LogP) is 4.74. The number of nitrogens with zero attached hydrogens (tertiary/aromatic N) is 1. The van der Waals surface area contributed by atoms with E-state index in [9.17, 15) is 13.8 Å². The van der Waals surface area contributed by atoms with Gasteiger partial charge >= 0.3 is 5.97 Å². The number of benzene rings is 1. The Hall–Kier alpha value is -2.34. The number of carbonyl (C=O) groups excluding carboxylic acids is 2. The number of aryl methyl sites for hydroxylation is 1. The van der Waals surface area contributed by atoms with Gasteiger partial charge in [0, 0.05) is 11.3 Å². The molecule has 0 fully saturated rings. The Balaban J connectivity index is 2.87. The van der Waals surface area contributed by atoms with Gasteiger partial charge in [-0.1, -0.05) is 64.4 Å². The molecule has 0 saturated carbocycles. The fraction of sp³-hybridized carbons (Fsp3) is 0.435. The van der Waals surface area contributed by atoms with Crippen LogP contribution in [0.2, 0.25) is 0 Å². The Bertz CT molecular complexity index is 893. The van der Waals surface area contributed by atoms with Crippen molar-refractivity contribution in [3.8, 4) is 11.3 Å². The minimum Gasteiger partial charge on any atom is -0.462 e. The van der Waals surface area contributed by atoms with Gasteiger partial charge in [0.2, 0.25) is 0 Å². The lowest BCUT2D eigenvalue weighted by molar-refractivity contribution is 0.0504. The Labute approximate surface area is 175 Å². The molecule has 0 aliphatic carbocycles. The van der Waals surface area contributed by atoms with Crippen LogP contribution in [0.3, 0.4) is 0 Å². The summed E-state index contributed by atoms with van der Waals surface area (Å²) in [6.07, 6.45) is 2.44. The largest absolute Gasteiger partial charge is 0.462 e. The molecule has 1 atom stereocenters. The molecule has 0 saturated heterocycles. The zero-order valence-corrected chi connectivity index (χ0v) is 18.4. The van der Waals surface area contributed by atoms with E-state index in [1.165, 1.54) is 0 Å². The highest BCUT2D eigenvalue weighted by molar-refractivity contribution is 8.00. The summed E-state index contributed by atoms with van der Waals surface area (Å²) < 4.78 is 17.8. The topological polar surface area (TPSA) is 73.3 Å². The van der Waals surface area contributed by atoms with Crippen molar-refractivity contribution in [3.63, 3.8) is 0 Å². The Morgan fingerprint density at radius 3 is 2.24 bits per heavy atom. The van der Waals surface area contributed by atoms with Crippen LogP contribution in [0.15, 0.2) is 30.3 Å². The zero-order valence-electron chi connectivity index (χ0n) is 17.6. The number of rotatable bonds is 9. The van der Waals surface area contributed by atoms with Gasteiger partial charge in [0.1, 0.15) is 0 Å². The average molecular weight is 416 g/mol. The molecule has 2 rings (SSSR count). The molecule has 0 aliphatic heterocycles. The Kier molecular flexibility index (Phi) is 8.70. The molecule has 1 heterocycles. The van der Waals surface area contributed by atoms with Crippen LogP contribution in [0.25, 0.3) is 11.3 Å². The maximum atomic E-state index is 13.1. The maximum Gasteiger partial charge on any atom is 0.340 e. The normalized spacial score (nSPS) is 11.9. The standard InChI is InChI=1S/C23H29NO4S/c1-5-12-17-19(23(26)29(27)8-4)18(7-3)24-21(16-13-10-9-11-14-16)20(17)22(25)28-15-6-2/h9-11,13-14H,5-8,12,15H2,1-4H3. The van der Waals surface area contributed by atoms with Crippen molar-refractivity contribution in [1.82, 2.24) is 4.98 Å². The van der Waals surface area contributed by atoms with Gasteiger partial charge in [-0.3, -0.25) is 14.0 Å². The van der Waals surface area contributed by atoms with E-state index in [1.807, 2.05) is 51.1 Å². The van der Waals surface area contributed by atoms with E-state index < -0.39 is 21.9 Å². The lowest BCUT2D eigenvalue weighted by Crippen LogP contribution is -2.21. The molecule has 5 nitrogen and oxygen atoms in total. The first kappa shape index (κ1) is 22.9. The monoisotopic (exact) mass is 415 g/mol. The number of ether oxygens (including phenoxy) is 1. The van der Waals surface area contributed by atoms with E-state index in [1.54, 1.807) is 6.92 Å². The minimum absolute atomic E-state index is 0.226. The summed E-state index contributed by atoms with van der Waals surface area (Å²) in [4.78, 5) is 30.8. The highest BCUT2D eigenvalue weighted by atomic mass is 32.2. The second-order valence-corrected chi connectivity index (χ2v) is 8.30. The second-order valence-electron chi connectivity index (χ2n) is 6.66. The molecule has 0 bridgehead atoms. The number of carbonyl (C=O) groups is 2. The van der Waals surface area contributed by atoms with Crippen molar-refractivity contribution in [3.05, 3.63) is 52.7 Å². The lowest BCUT2D eigenvalue weighted by Gasteiger charge is -2.19. The molecular weight excluding hydrogens is 386 g/mol. The van der Waals surface area contributed by atoms with Gasteiger partial charge in [0.05, 0.1) is 39.9 Å². The zero-order chi connectivity index (χ0) is 21.4. The van der Waals surface area contributed by atoms with E-state index in [0.29, 0.717) is 53.9 Å². The fourth-order valence-electron chi connectivity index (χ4n) is 3.22. The van der Waals surface area contributed by atoms with Crippen LogP contribution in [0.4, 0.5) is 0 Å². The molecule has 29 heavy (non-hydrogen) atoms. The summed E-state index contributed by atoms with van der Waals surface area (Å²) in [6.45, 7) is 7.82. The van der Waals surface area contributed by atoms with E-state index in [4.69, 9.17) is 9.72 Å². The molecule has 0 aliphatic rings. The van der Waals surface area contributed by atoms with E-state index in [0.717, 1.165) is 12.0 Å². The van der Waals surface area contributed by atoms with Crippen molar-refractivity contribution < 1.29 is 18.5 Å². The van der Waals surface area contributed by atoms with Gasteiger partial charge in [0.15, 0.2) is 0 Å². The van der Waals surface area contributed by atoms with Crippen molar-refractivity contribution in [2.24, 2.45) is 0 Å². The second kappa shape index (κ2) is 11.0. The van der Waals surface area contributed by atoms with Crippen LogP contribution < -0.4 is 0 Å². The van der Waals surface area contributed by atoms with Gasteiger partial charge in [-0.05, 0) is 24.8 Å². The molecule has 0 spiro atoms. The maximum absolute atomic E-state index is 13.1. The minimum atomic E-state index is -1.66. The Morgan fingerprint density at radius 1 is 1.00 bits per heavy atom. The van der Waals surface area contributed by atoms with Crippen LogP contribution in [-0.4, -0.2) is 32.6 Å². The average Bonchev–Trinajstić information content (AvgIpc) is 2.76. The fourth-order valence-corrected chi connectivity index (χ4v) is 3.95. The van der Waals surface area contributed by atoms with Crippen molar-refractivity contribution >= 4 is 21.9 Å². The molecule has 1 aromatic carbocycles. The quantitative estimate of drug-likeness (QED) is 0.553. The molecule has 0 amide bonds. The first-order valence-electron chi connectivity index (χ1n) is 10.2. The number of hydrogen-bond acceptors (Lipinski definition) is 5. The highest BCUT2D eigenvalue weighted by Crippen LogP contribution is 2.31. The first-order chi connectivity index (χ1) is 14.0. The lowest BCUT2D eigenvalue weighted by atomic mass is 9.92. The molecule has 1 unspecified atom stereocenters. The number of hydrogen-bond donors (Lipinski definition) is 0. The van der Waals surface area contributed by atoms with Crippen molar-refractivity contribution in [1.29, 1.82) is 0 Å². The van der Waals surface area contributed by atoms with E-state index in [-0.39, 0.29) is 5.75 Å². The molecule has 0 N–H and O–H groups in total. The molecule has 1 aromatic heterocycles. The van der Waals surface area contributed by atoms with Crippen LogP contribution >= 0.6 is 0 Å². The molecule has 156 valence electrons. The number of esters is 1. The van der Waals surface area contributed by atoms with Gasteiger partial charge < -0.3 is 4.74 Å². The number of aromatic nitrogens is 1. The third kappa shape index (κ3) is 5.18. The predicted molar refractivity (Wildman–Crippen MR) is 117 cm³/mol. The molecule has 0 radical (unpaired) electrons. The van der Waals surface area contributed by atoms with Gasteiger partial charge in [0.25, 0.3) is 5.12 Å². The summed E-state index contributed by atoms with van der Waals surface area (Å²) >= 11 is 0. The third-order valence-corrected chi connectivity index (χ3v) is 5.71. The van der Waals surface area contributed by atoms with Crippen LogP contribution in [-0.2, 0) is 28.4 Å². The molecule has 6 heteroatoms. The summed E-state index contributed by atoms with van der Waals surface area (Å²) in [7, 11) is -1.66. The first-order valence-corrected chi connectivity index (χ1v) is 11.5. The smallest absolute Gasteiger partial charge is 0.340 e.